The van der Waals surface area contributed by atoms with Crippen molar-refractivity contribution < 1.29 is 0 Å². The Bertz CT molecular complexity index is 850. The van der Waals surface area contributed by atoms with E-state index in [1.165, 1.54) is 43.2 Å². The summed E-state index contributed by atoms with van der Waals surface area (Å²) in [5, 5.41) is 1.32. The molecule has 1 saturated carbocycles. The highest BCUT2D eigenvalue weighted by Gasteiger charge is 2.20. The first-order chi connectivity index (χ1) is 12.7. The fourth-order valence-corrected chi connectivity index (χ4v) is 4.56. The molecule has 0 amide bonds. The molecule has 4 heteroatoms. The third-order valence-electron chi connectivity index (χ3n) is 5.41. The fraction of sp³-hybridized carbons (Fsp3) is 0.318. The average molecular weight is 385 g/mol. The van der Waals surface area contributed by atoms with E-state index in [2.05, 4.69) is 33.8 Å². The van der Waals surface area contributed by atoms with Gasteiger partial charge in [0.2, 0.25) is 0 Å². The summed E-state index contributed by atoms with van der Waals surface area (Å²) in [6.45, 7) is 0. The monoisotopic (exact) mass is 384 g/mol. The molecule has 0 radical (unpaired) electrons. The molecule has 0 spiro atoms. The minimum absolute atomic E-state index is 0.0114. The summed E-state index contributed by atoms with van der Waals surface area (Å²) in [5.74, 6) is 0.712. The summed E-state index contributed by atoms with van der Waals surface area (Å²) < 4.78 is 2.09. The van der Waals surface area contributed by atoms with Crippen molar-refractivity contribution >= 4 is 23.2 Å². The SMILES string of the molecule is Clc1ccc(C(c2ccc(C3CCCCC3)cc2)n2ccnc2)c(Cl)c1. The quantitative estimate of drug-likeness (QED) is 0.479. The summed E-state index contributed by atoms with van der Waals surface area (Å²) in [5.41, 5.74) is 3.69. The molecule has 0 aliphatic heterocycles. The molecule has 0 saturated heterocycles. The molecule has 2 aromatic carbocycles. The van der Waals surface area contributed by atoms with Gasteiger partial charge in [0.25, 0.3) is 0 Å². The lowest BCUT2D eigenvalue weighted by Gasteiger charge is -2.24. The van der Waals surface area contributed by atoms with Crippen LogP contribution in [0.1, 0.15) is 60.8 Å². The largest absolute Gasteiger partial charge is 0.326 e. The maximum absolute atomic E-state index is 6.53. The highest BCUT2D eigenvalue weighted by Crippen LogP contribution is 2.36. The minimum Gasteiger partial charge on any atom is -0.326 e. The summed E-state index contributed by atoms with van der Waals surface area (Å²) in [6, 6.07) is 14.7. The molecular weight excluding hydrogens is 363 g/mol. The lowest BCUT2D eigenvalue weighted by atomic mass is 9.83. The minimum atomic E-state index is -0.0114. The summed E-state index contributed by atoms with van der Waals surface area (Å²) >= 11 is 12.6. The molecule has 1 atom stereocenters. The van der Waals surface area contributed by atoms with Crippen molar-refractivity contribution in [1.82, 2.24) is 9.55 Å². The lowest BCUT2D eigenvalue weighted by molar-refractivity contribution is 0.443. The van der Waals surface area contributed by atoms with E-state index >= 15 is 0 Å². The Hall–Kier alpha value is -1.77. The van der Waals surface area contributed by atoms with Crippen LogP contribution in [0.2, 0.25) is 10.0 Å². The normalized spacial score (nSPS) is 16.5. The molecular formula is C22H22Cl2N2. The Morgan fingerprint density at radius 2 is 1.73 bits per heavy atom. The Kier molecular flexibility index (Phi) is 5.33. The van der Waals surface area contributed by atoms with E-state index in [1.807, 2.05) is 24.7 Å². The third-order valence-corrected chi connectivity index (χ3v) is 5.97. The molecule has 1 unspecified atom stereocenters. The summed E-state index contributed by atoms with van der Waals surface area (Å²) in [7, 11) is 0. The smallest absolute Gasteiger partial charge is 0.0954 e. The highest BCUT2D eigenvalue weighted by atomic mass is 35.5. The highest BCUT2D eigenvalue weighted by molar-refractivity contribution is 6.35. The Morgan fingerprint density at radius 3 is 2.38 bits per heavy atom. The van der Waals surface area contributed by atoms with Gasteiger partial charge in [0, 0.05) is 22.4 Å². The Balaban J connectivity index is 1.70. The van der Waals surface area contributed by atoms with Crippen LogP contribution in [0, 0.1) is 0 Å². The number of benzene rings is 2. The van der Waals surface area contributed by atoms with Crippen LogP contribution < -0.4 is 0 Å². The van der Waals surface area contributed by atoms with Gasteiger partial charge < -0.3 is 4.57 Å². The predicted octanol–water partition coefficient (Wildman–Crippen LogP) is 6.88. The Morgan fingerprint density at radius 1 is 0.962 bits per heavy atom. The predicted molar refractivity (Wildman–Crippen MR) is 108 cm³/mol. The number of rotatable bonds is 4. The van der Waals surface area contributed by atoms with Gasteiger partial charge in [-0.15, -0.1) is 0 Å². The van der Waals surface area contributed by atoms with E-state index in [9.17, 15) is 0 Å². The van der Waals surface area contributed by atoms with Crippen LogP contribution in [0.4, 0.5) is 0 Å². The van der Waals surface area contributed by atoms with Crippen molar-refractivity contribution in [2.75, 3.05) is 0 Å². The number of halogens is 2. The van der Waals surface area contributed by atoms with E-state index in [1.54, 1.807) is 12.3 Å². The number of nitrogens with zero attached hydrogens (tertiary/aromatic N) is 2. The molecule has 26 heavy (non-hydrogen) atoms. The topological polar surface area (TPSA) is 17.8 Å². The third kappa shape index (κ3) is 3.67. The van der Waals surface area contributed by atoms with E-state index in [-0.39, 0.29) is 6.04 Å². The average Bonchev–Trinajstić information content (AvgIpc) is 3.19. The van der Waals surface area contributed by atoms with Gasteiger partial charge in [-0.25, -0.2) is 4.98 Å². The van der Waals surface area contributed by atoms with Crippen LogP contribution in [-0.2, 0) is 0 Å². The molecule has 1 aliphatic carbocycles. The molecule has 2 nitrogen and oxygen atoms in total. The standard InChI is InChI=1S/C22H22Cl2N2/c23-19-10-11-20(21(24)14-19)22(26-13-12-25-15-26)18-8-6-17(7-9-18)16-4-2-1-3-5-16/h6-16,22H,1-5H2. The van der Waals surface area contributed by atoms with Gasteiger partial charge in [-0.05, 0) is 47.6 Å². The fourth-order valence-electron chi connectivity index (χ4n) is 4.04. The Labute approximate surface area is 164 Å². The lowest BCUT2D eigenvalue weighted by Crippen LogP contribution is -2.12. The second-order valence-corrected chi connectivity index (χ2v) is 7.92. The second-order valence-electron chi connectivity index (χ2n) is 7.08. The summed E-state index contributed by atoms with van der Waals surface area (Å²) in [4.78, 5) is 4.23. The first-order valence-electron chi connectivity index (χ1n) is 9.24. The van der Waals surface area contributed by atoms with Crippen LogP contribution in [0.3, 0.4) is 0 Å². The first-order valence-corrected chi connectivity index (χ1v) is 10.0. The zero-order chi connectivity index (χ0) is 17.9. The molecule has 3 aromatic rings. The van der Waals surface area contributed by atoms with Gasteiger partial charge in [-0.3, -0.25) is 0 Å². The van der Waals surface area contributed by atoms with Crippen LogP contribution in [0.5, 0.6) is 0 Å². The van der Waals surface area contributed by atoms with Crippen molar-refractivity contribution in [2.45, 2.75) is 44.1 Å². The van der Waals surface area contributed by atoms with Gasteiger partial charge in [0.1, 0.15) is 0 Å². The van der Waals surface area contributed by atoms with Crippen molar-refractivity contribution in [1.29, 1.82) is 0 Å². The zero-order valence-corrected chi connectivity index (χ0v) is 16.1. The molecule has 1 aromatic heterocycles. The molecule has 1 heterocycles. The number of imidazole rings is 1. The molecule has 1 aliphatic rings. The van der Waals surface area contributed by atoms with Gasteiger partial charge in [0.15, 0.2) is 0 Å². The number of hydrogen-bond acceptors (Lipinski definition) is 1. The zero-order valence-electron chi connectivity index (χ0n) is 14.6. The van der Waals surface area contributed by atoms with Crippen LogP contribution in [0.25, 0.3) is 0 Å². The van der Waals surface area contributed by atoms with Crippen molar-refractivity contribution in [3.63, 3.8) is 0 Å². The van der Waals surface area contributed by atoms with Crippen LogP contribution >= 0.6 is 23.2 Å². The van der Waals surface area contributed by atoms with Crippen LogP contribution in [-0.4, -0.2) is 9.55 Å². The van der Waals surface area contributed by atoms with Crippen molar-refractivity contribution in [2.24, 2.45) is 0 Å². The molecule has 134 valence electrons. The van der Waals surface area contributed by atoms with Crippen LogP contribution in [0.15, 0.2) is 61.2 Å². The van der Waals surface area contributed by atoms with E-state index in [0.29, 0.717) is 16.0 Å². The number of aromatic nitrogens is 2. The van der Waals surface area contributed by atoms with Crippen molar-refractivity contribution in [3.8, 4) is 0 Å². The first kappa shape index (κ1) is 17.6. The molecule has 1 fully saturated rings. The molecule has 0 bridgehead atoms. The van der Waals surface area contributed by atoms with Gasteiger partial charge in [-0.1, -0.05) is 72.8 Å². The van der Waals surface area contributed by atoms with E-state index in [4.69, 9.17) is 23.2 Å². The van der Waals surface area contributed by atoms with Gasteiger partial charge in [-0.2, -0.15) is 0 Å². The van der Waals surface area contributed by atoms with Gasteiger partial charge in [0.05, 0.1) is 12.4 Å². The molecule has 4 rings (SSSR count). The van der Waals surface area contributed by atoms with E-state index < -0.39 is 0 Å². The summed E-state index contributed by atoms with van der Waals surface area (Å²) in [6.07, 6.45) is 12.3. The second kappa shape index (κ2) is 7.85. The molecule has 0 N–H and O–H groups in total. The number of hydrogen-bond donors (Lipinski definition) is 0. The maximum Gasteiger partial charge on any atom is 0.0954 e. The maximum atomic E-state index is 6.53. The van der Waals surface area contributed by atoms with Gasteiger partial charge >= 0.3 is 0 Å². The van der Waals surface area contributed by atoms with E-state index in [0.717, 1.165) is 5.56 Å². The van der Waals surface area contributed by atoms with Crippen molar-refractivity contribution in [3.05, 3.63) is 87.9 Å².